The van der Waals surface area contributed by atoms with Gasteiger partial charge in [-0.3, -0.25) is 0 Å². The molecule has 0 bridgehead atoms. The quantitative estimate of drug-likeness (QED) is 0.727. The highest BCUT2D eigenvalue weighted by Gasteiger charge is 2.13. The molecule has 5 nitrogen and oxygen atoms in total. The average molecular weight is 201 g/mol. The molecule has 0 radical (unpaired) electrons. The molecule has 0 unspecified atom stereocenters. The second kappa shape index (κ2) is 3.36. The molecule has 64 valence electrons. The van der Waals surface area contributed by atoms with Gasteiger partial charge in [-0.1, -0.05) is 11.8 Å². The van der Waals surface area contributed by atoms with E-state index in [4.69, 9.17) is 0 Å². The topological polar surface area (TPSA) is 57.2 Å². The number of hydrogen-bond donors (Lipinski definition) is 1. The molecule has 1 N–H and O–H groups in total. The molecule has 1 aromatic rings. The third-order valence-electron chi connectivity index (χ3n) is 1.23. The Morgan fingerprint density at radius 1 is 1.75 bits per heavy atom. The van der Waals surface area contributed by atoms with E-state index in [1.54, 1.807) is 18.0 Å². The number of aromatic amines is 1. The number of aromatic nitrogens is 3. The van der Waals surface area contributed by atoms with Crippen molar-refractivity contribution in [2.75, 3.05) is 5.88 Å². The van der Waals surface area contributed by atoms with Crippen LogP contribution in [0.4, 0.5) is 0 Å². The van der Waals surface area contributed by atoms with Crippen LogP contribution in [0.3, 0.4) is 0 Å². The van der Waals surface area contributed by atoms with Crippen LogP contribution in [-0.4, -0.2) is 30.7 Å². The summed E-state index contributed by atoms with van der Waals surface area (Å²) in [4.78, 5) is 0. The summed E-state index contributed by atoms with van der Waals surface area (Å²) in [5, 5.41) is 16.4. The van der Waals surface area contributed by atoms with E-state index < -0.39 is 0 Å². The standard InChI is InChI=1S/C5H7N5S2/c1-4-8-10(3-11-4)12-5-2-6-9-7-5/h2H,3H2,1H3,(H,6,7,9). The van der Waals surface area contributed by atoms with Gasteiger partial charge < -0.3 is 0 Å². The summed E-state index contributed by atoms with van der Waals surface area (Å²) >= 11 is 3.21. The second-order valence-corrected chi connectivity index (χ2v) is 4.30. The van der Waals surface area contributed by atoms with Crippen molar-refractivity contribution < 1.29 is 0 Å². The number of nitrogens with zero attached hydrogens (tertiary/aromatic N) is 4. The van der Waals surface area contributed by atoms with E-state index in [-0.39, 0.29) is 0 Å². The van der Waals surface area contributed by atoms with Crippen molar-refractivity contribution in [2.45, 2.75) is 11.9 Å². The van der Waals surface area contributed by atoms with Crippen LogP contribution >= 0.6 is 23.7 Å². The Bertz CT molecular complexity index is 282. The Balaban J connectivity index is 1.97. The van der Waals surface area contributed by atoms with Crippen molar-refractivity contribution in [3.8, 4) is 0 Å². The van der Waals surface area contributed by atoms with Crippen LogP contribution in [0.2, 0.25) is 0 Å². The van der Waals surface area contributed by atoms with Gasteiger partial charge in [-0.15, -0.1) is 5.10 Å². The van der Waals surface area contributed by atoms with Crippen molar-refractivity contribution in [2.24, 2.45) is 5.10 Å². The lowest BCUT2D eigenvalue weighted by Gasteiger charge is -2.06. The minimum absolute atomic E-state index is 0.842. The van der Waals surface area contributed by atoms with Crippen molar-refractivity contribution in [3.05, 3.63) is 6.20 Å². The number of thioether (sulfide) groups is 1. The van der Waals surface area contributed by atoms with Crippen LogP contribution in [0.5, 0.6) is 0 Å². The molecule has 2 rings (SSSR count). The highest BCUT2D eigenvalue weighted by Crippen LogP contribution is 2.27. The molecule has 0 spiro atoms. The largest absolute Gasteiger partial charge is 0.221 e. The predicted octanol–water partition coefficient (Wildman–Crippen LogP) is 1.15. The molecule has 0 aromatic carbocycles. The van der Waals surface area contributed by atoms with Crippen molar-refractivity contribution >= 4 is 28.8 Å². The van der Waals surface area contributed by atoms with Gasteiger partial charge in [0, 0.05) is 11.9 Å². The minimum atomic E-state index is 0.842. The van der Waals surface area contributed by atoms with Gasteiger partial charge >= 0.3 is 0 Å². The van der Waals surface area contributed by atoms with Gasteiger partial charge in [0.05, 0.1) is 17.1 Å². The fraction of sp³-hybridized carbons (Fsp3) is 0.400. The molecule has 0 atom stereocenters. The van der Waals surface area contributed by atoms with Gasteiger partial charge in [-0.2, -0.15) is 15.4 Å². The summed E-state index contributed by atoms with van der Waals surface area (Å²) < 4.78 is 1.89. The zero-order valence-electron chi connectivity index (χ0n) is 6.39. The highest BCUT2D eigenvalue weighted by molar-refractivity contribution is 8.14. The highest BCUT2D eigenvalue weighted by atomic mass is 32.2. The van der Waals surface area contributed by atoms with E-state index in [1.165, 1.54) is 11.9 Å². The number of H-pyrrole nitrogens is 1. The monoisotopic (exact) mass is 201 g/mol. The van der Waals surface area contributed by atoms with Gasteiger partial charge in [0.2, 0.25) is 0 Å². The minimum Gasteiger partial charge on any atom is -0.221 e. The summed E-state index contributed by atoms with van der Waals surface area (Å²) in [5.74, 6) is 0.878. The fourth-order valence-corrected chi connectivity index (χ4v) is 2.25. The molecular weight excluding hydrogens is 194 g/mol. The maximum absolute atomic E-state index is 4.26. The van der Waals surface area contributed by atoms with E-state index in [1.807, 2.05) is 11.3 Å². The van der Waals surface area contributed by atoms with Gasteiger partial charge in [0.15, 0.2) is 5.03 Å². The number of hydrazone groups is 1. The molecule has 0 saturated carbocycles. The lowest BCUT2D eigenvalue weighted by molar-refractivity contribution is 0.603. The molecule has 7 heteroatoms. The zero-order valence-corrected chi connectivity index (χ0v) is 8.02. The molecule has 0 amide bonds. The summed E-state index contributed by atoms with van der Waals surface area (Å²) in [6, 6.07) is 0. The Morgan fingerprint density at radius 2 is 2.67 bits per heavy atom. The van der Waals surface area contributed by atoms with Crippen LogP contribution in [0.15, 0.2) is 16.3 Å². The average Bonchev–Trinajstić information content (AvgIpc) is 2.63. The molecule has 12 heavy (non-hydrogen) atoms. The van der Waals surface area contributed by atoms with Gasteiger partial charge in [0.25, 0.3) is 0 Å². The second-order valence-electron chi connectivity index (χ2n) is 2.14. The lowest BCUT2D eigenvalue weighted by atomic mass is 10.9. The number of rotatable bonds is 2. The van der Waals surface area contributed by atoms with Crippen molar-refractivity contribution in [1.82, 2.24) is 19.8 Å². The summed E-state index contributed by atoms with van der Waals surface area (Å²) in [7, 11) is 0. The van der Waals surface area contributed by atoms with Crippen LogP contribution in [0.1, 0.15) is 6.92 Å². The zero-order chi connectivity index (χ0) is 8.39. The van der Waals surface area contributed by atoms with Crippen LogP contribution < -0.4 is 0 Å². The first kappa shape index (κ1) is 7.93. The van der Waals surface area contributed by atoms with E-state index >= 15 is 0 Å². The SMILES string of the molecule is CC1=NN(Sc2cn[nH]n2)CS1. The number of hydrogen-bond acceptors (Lipinski definition) is 6. The normalized spacial score (nSPS) is 16.8. The Kier molecular flexibility index (Phi) is 2.22. The van der Waals surface area contributed by atoms with Crippen LogP contribution in [0, 0.1) is 0 Å². The summed E-state index contributed by atoms with van der Waals surface area (Å²) in [5.41, 5.74) is 0. The first-order chi connectivity index (χ1) is 5.84. The molecule has 0 saturated heterocycles. The smallest absolute Gasteiger partial charge is 0.160 e. The fourth-order valence-electron chi connectivity index (χ4n) is 0.753. The van der Waals surface area contributed by atoms with E-state index in [9.17, 15) is 0 Å². The Morgan fingerprint density at radius 3 is 3.25 bits per heavy atom. The number of nitrogens with one attached hydrogen (secondary N) is 1. The van der Waals surface area contributed by atoms with Crippen LogP contribution in [0.25, 0.3) is 0 Å². The predicted molar refractivity (Wildman–Crippen MR) is 49.6 cm³/mol. The molecule has 0 aliphatic carbocycles. The third-order valence-corrected chi connectivity index (χ3v) is 3.07. The lowest BCUT2D eigenvalue weighted by Crippen LogP contribution is -2.00. The van der Waals surface area contributed by atoms with E-state index in [0.717, 1.165) is 15.9 Å². The molecule has 0 fully saturated rings. The van der Waals surface area contributed by atoms with Gasteiger partial charge in [-0.05, 0) is 6.92 Å². The van der Waals surface area contributed by atoms with Gasteiger partial charge in [0.1, 0.15) is 0 Å². The third kappa shape index (κ3) is 1.72. The Hall–Kier alpha value is -0.690. The van der Waals surface area contributed by atoms with Crippen LogP contribution in [-0.2, 0) is 0 Å². The van der Waals surface area contributed by atoms with Gasteiger partial charge in [-0.25, -0.2) is 4.41 Å². The first-order valence-electron chi connectivity index (χ1n) is 3.34. The molecule has 1 aromatic heterocycles. The van der Waals surface area contributed by atoms with E-state index in [0.29, 0.717) is 0 Å². The molecule has 2 heterocycles. The molecule has 1 aliphatic heterocycles. The van der Waals surface area contributed by atoms with Crippen molar-refractivity contribution in [1.29, 1.82) is 0 Å². The maximum atomic E-state index is 4.26. The summed E-state index contributed by atoms with van der Waals surface area (Å²) in [6.07, 6.45) is 1.68. The first-order valence-corrected chi connectivity index (χ1v) is 5.10. The summed E-state index contributed by atoms with van der Waals surface area (Å²) in [6.45, 7) is 1.99. The van der Waals surface area contributed by atoms with E-state index in [2.05, 4.69) is 20.5 Å². The molecular formula is C5H7N5S2. The van der Waals surface area contributed by atoms with Crippen molar-refractivity contribution in [3.63, 3.8) is 0 Å². The molecule has 1 aliphatic rings. The Labute approximate surface area is 78.1 Å². The maximum Gasteiger partial charge on any atom is 0.160 e.